The van der Waals surface area contributed by atoms with Crippen molar-refractivity contribution >= 4 is 5.97 Å². The molecule has 0 atom stereocenters. The van der Waals surface area contributed by atoms with Crippen LogP contribution in [0.3, 0.4) is 0 Å². The summed E-state index contributed by atoms with van der Waals surface area (Å²) in [5, 5.41) is 0. The van der Waals surface area contributed by atoms with Gasteiger partial charge < -0.3 is 4.74 Å². The van der Waals surface area contributed by atoms with Gasteiger partial charge in [-0.3, -0.25) is 0 Å². The number of carbonyl (C=O) groups is 1. The van der Waals surface area contributed by atoms with Gasteiger partial charge in [-0.2, -0.15) is 0 Å². The van der Waals surface area contributed by atoms with Gasteiger partial charge in [-0.25, -0.2) is 4.79 Å². The van der Waals surface area contributed by atoms with E-state index in [1.807, 2.05) is 19.9 Å². The quantitative estimate of drug-likeness (QED) is 0.426. The topological polar surface area (TPSA) is 26.3 Å². The molecular formula is C17H24O2. The third-order valence-corrected chi connectivity index (χ3v) is 3.29. The molecule has 1 aliphatic rings. The Hall–Kier alpha value is -1.57. The zero-order chi connectivity index (χ0) is 14.5. The van der Waals surface area contributed by atoms with Crippen molar-refractivity contribution in [3.05, 3.63) is 47.1 Å². The second kappa shape index (κ2) is 6.55. The summed E-state index contributed by atoms with van der Waals surface area (Å²) in [6.07, 6.45) is 11.1. The third kappa shape index (κ3) is 4.55. The van der Waals surface area contributed by atoms with E-state index in [9.17, 15) is 4.79 Å². The number of rotatable bonds is 4. The van der Waals surface area contributed by atoms with Crippen molar-refractivity contribution in [3.8, 4) is 0 Å². The molecule has 0 amide bonds. The van der Waals surface area contributed by atoms with Gasteiger partial charge in [0, 0.05) is 6.08 Å². The molecule has 0 aromatic rings. The average Bonchev–Trinajstić information content (AvgIpc) is 2.27. The predicted octanol–water partition coefficient (Wildman–Crippen LogP) is 4.35. The van der Waals surface area contributed by atoms with Crippen LogP contribution in [-0.2, 0) is 9.53 Å². The van der Waals surface area contributed by atoms with Crippen molar-refractivity contribution < 1.29 is 9.53 Å². The SMILES string of the molecule is CCOC(=O)/C=C(C)/C=C/C1=C(C)C=CCC1(C)C. The van der Waals surface area contributed by atoms with E-state index in [0.717, 1.165) is 12.0 Å². The van der Waals surface area contributed by atoms with Crippen LogP contribution in [0.25, 0.3) is 0 Å². The fourth-order valence-electron chi connectivity index (χ4n) is 2.25. The van der Waals surface area contributed by atoms with E-state index in [0.29, 0.717) is 6.61 Å². The maximum Gasteiger partial charge on any atom is 0.330 e. The summed E-state index contributed by atoms with van der Waals surface area (Å²) in [6, 6.07) is 0. The summed E-state index contributed by atoms with van der Waals surface area (Å²) >= 11 is 0. The zero-order valence-electron chi connectivity index (χ0n) is 12.6. The van der Waals surface area contributed by atoms with Crippen LogP contribution in [0.15, 0.2) is 47.1 Å². The summed E-state index contributed by atoms with van der Waals surface area (Å²) in [6.45, 7) is 10.7. The minimum atomic E-state index is -0.279. The van der Waals surface area contributed by atoms with Crippen molar-refractivity contribution in [2.45, 2.75) is 41.0 Å². The summed E-state index contributed by atoms with van der Waals surface area (Å²) in [4.78, 5) is 11.3. The highest BCUT2D eigenvalue weighted by Crippen LogP contribution is 2.37. The highest BCUT2D eigenvalue weighted by atomic mass is 16.5. The first kappa shape index (κ1) is 15.5. The number of ether oxygens (including phenoxy) is 1. The van der Waals surface area contributed by atoms with Gasteiger partial charge in [0.1, 0.15) is 0 Å². The van der Waals surface area contributed by atoms with E-state index in [1.54, 1.807) is 0 Å². The molecule has 0 spiro atoms. The first-order valence-corrected chi connectivity index (χ1v) is 6.78. The minimum Gasteiger partial charge on any atom is -0.463 e. The maximum atomic E-state index is 11.3. The van der Waals surface area contributed by atoms with Crippen molar-refractivity contribution in [1.82, 2.24) is 0 Å². The average molecular weight is 260 g/mol. The molecule has 0 saturated heterocycles. The van der Waals surface area contributed by atoms with E-state index in [-0.39, 0.29) is 11.4 Å². The molecule has 19 heavy (non-hydrogen) atoms. The van der Waals surface area contributed by atoms with Gasteiger partial charge in [-0.1, -0.05) is 38.2 Å². The highest BCUT2D eigenvalue weighted by molar-refractivity contribution is 5.83. The van der Waals surface area contributed by atoms with E-state index < -0.39 is 0 Å². The lowest BCUT2D eigenvalue weighted by Crippen LogP contribution is -2.16. The van der Waals surface area contributed by atoms with Crippen molar-refractivity contribution in [2.75, 3.05) is 6.61 Å². The van der Waals surface area contributed by atoms with Crippen LogP contribution in [0, 0.1) is 5.41 Å². The van der Waals surface area contributed by atoms with Crippen LogP contribution in [-0.4, -0.2) is 12.6 Å². The van der Waals surface area contributed by atoms with Crippen LogP contribution < -0.4 is 0 Å². The second-order valence-corrected chi connectivity index (χ2v) is 5.56. The fraction of sp³-hybridized carbons (Fsp3) is 0.471. The zero-order valence-corrected chi connectivity index (χ0v) is 12.6. The summed E-state index contributed by atoms with van der Waals surface area (Å²) in [7, 11) is 0. The molecule has 0 aromatic heterocycles. The molecule has 2 heteroatoms. The Morgan fingerprint density at radius 1 is 1.47 bits per heavy atom. The molecule has 0 radical (unpaired) electrons. The van der Waals surface area contributed by atoms with Crippen LogP contribution in [0.2, 0.25) is 0 Å². The molecular weight excluding hydrogens is 236 g/mol. The Balaban J connectivity index is 2.86. The van der Waals surface area contributed by atoms with Gasteiger partial charge >= 0.3 is 5.97 Å². The van der Waals surface area contributed by atoms with E-state index >= 15 is 0 Å². The van der Waals surface area contributed by atoms with Gasteiger partial charge in [-0.15, -0.1) is 0 Å². The smallest absolute Gasteiger partial charge is 0.330 e. The molecule has 1 aliphatic carbocycles. The van der Waals surface area contributed by atoms with E-state index in [1.165, 1.54) is 17.2 Å². The van der Waals surface area contributed by atoms with Crippen molar-refractivity contribution in [1.29, 1.82) is 0 Å². The monoisotopic (exact) mass is 260 g/mol. The number of allylic oxidation sites excluding steroid dienone is 7. The first-order valence-electron chi connectivity index (χ1n) is 6.78. The number of esters is 1. The summed E-state index contributed by atoms with van der Waals surface area (Å²) < 4.78 is 4.89. The van der Waals surface area contributed by atoms with Crippen LogP contribution >= 0.6 is 0 Å². The first-order chi connectivity index (χ1) is 8.86. The molecule has 0 saturated carbocycles. The van der Waals surface area contributed by atoms with Crippen molar-refractivity contribution in [2.24, 2.45) is 5.41 Å². The van der Waals surface area contributed by atoms with Gasteiger partial charge in [0.15, 0.2) is 0 Å². The maximum absolute atomic E-state index is 11.3. The molecule has 0 fully saturated rings. The molecule has 2 nitrogen and oxygen atoms in total. The fourth-order valence-corrected chi connectivity index (χ4v) is 2.25. The number of hydrogen-bond donors (Lipinski definition) is 0. The van der Waals surface area contributed by atoms with E-state index in [2.05, 4.69) is 39.0 Å². The Kier molecular flexibility index (Phi) is 5.34. The lowest BCUT2D eigenvalue weighted by Gasteiger charge is -2.29. The Morgan fingerprint density at radius 2 is 2.16 bits per heavy atom. The third-order valence-electron chi connectivity index (χ3n) is 3.29. The summed E-state index contributed by atoms with van der Waals surface area (Å²) in [5.74, 6) is -0.279. The lowest BCUT2D eigenvalue weighted by atomic mass is 9.75. The predicted molar refractivity (Wildman–Crippen MR) is 79.8 cm³/mol. The minimum absolute atomic E-state index is 0.152. The summed E-state index contributed by atoms with van der Waals surface area (Å²) in [5.41, 5.74) is 3.67. The van der Waals surface area contributed by atoms with Crippen LogP contribution in [0.5, 0.6) is 0 Å². The number of hydrogen-bond acceptors (Lipinski definition) is 2. The van der Waals surface area contributed by atoms with Crippen LogP contribution in [0.4, 0.5) is 0 Å². The molecule has 0 aromatic carbocycles. The van der Waals surface area contributed by atoms with Crippen LogP contribution in [0.1, 0.15) is 41.0 Å². The molecule has 0 heterocycles. The van der Waals surface area contributed by atoms with Gasteiger partial charge in [0.2, 0.25) is 0 Å². The largest absolute Gasteiger partial charge is 0.463 e. The van der Waals surface area contributed by atoms with Gasteiger partial charge in [0.05, 0.1) is 6.61 Å². The molecule has 104 valence electrons. The lowest BCUT2D eigenvalue weighted by molar-refractivity contribution is -0.137. The van der Waals surface area contributed by atoms with Gasteiger partial charge in [0.25, 0.3) is 0 Å². The molecule has 0 unspecified atom stereocenters. The van der Waals surface area contributed by atoms with E-state index in [4.69, 9.17) is 4.74 Å². The standard InChI is InChI=1S/C17H24O2/c1-6-19-16(18)12-13(2)9-10-15-14(3)8-7-11-17(15,4)5/h7-10,12H,6,11H2,1-5H3/b10-9+,13-12+. The second-order valence-electron chi connectivity index (χ2n) is 5.56. The van der Waals surface area contributed by atoms with Gasteiger partial charge in [-0.05, 0) is 49.3 Å². The molecule has 0 bridgehead atoms. The Morgan fingerprint density at radius 3 is 2.74 bits per heavy atom. The normalized spacial score (nSPS) is 19.1. The Bertz CT molecular complexity index is 460. The highest BCUT2D eigenvalue weighted by Gasteiger charge is 2.23. The Labute approximate surface area is 116 Å². The molecule has 0 aliphatic heterocycles. The molecule has 1 rings (SSSR count). The number of carbonyl (C=O) groups excluding carboxylic acids is 1. The molecule has 0 N–H and O–H groups in total. The van der Waals surface area contributed by atoms with Crippen molar-refractivity contribution in [3.63, 3.8) is 0 Å².